The van der Waals surface area contributed by atoms with Gasteiger partial charge in [-0.3, -0.25) is 9.78 Å². The van der Waals surface area contributed by atoms with Gasteiger partial charge in [-0.25, -0.2) is 4.98 Å². The monoisotopic (exact) mass is 264 g/mol. The van der Waals surface area contributed by atoms with E-state index in [4.69, 9.17) is 4.74 Å². The summed E-state index contributed by atoms with van der Waals surface area (Å²) in [5, 5.41) is 2.90. The minimum absolute atomic E-state index is 0.0427. The van der Waals surface area contributed by atoms with Gasteiger partial charge in [0.15, 0.2) is 0 Å². The third kappa shape index (κ3) is 4.17. The molecule has 1 aliphatic rings. The molecule has 0 unspecified atom stereocenters. The molecule has 2 heterocycles. The molecule has 1 saturated heterocycles. The number of piperidine rings is 1. The zero-order valence-corrected chi connectivity index (χ0v) is 11.2. The fourth-order valence-corrected chi connectivity index (χ4v) is 2.26. The van der Waals surface area contributed by atoms with Crippen LogP contribution in [-0.2, 0) is 9.53 Å². The average molecular weight is 264 g/mol. The normalized spacial score (nSPS) is 16.4. The Hall–Kier alpha value is -1.69. The molecule has 1 aromatic heterocycles. The lowest BCUT2D eigenvalue weighted by atomic mass is 9.97. The van der Waals surface area contributed by atoms with E-state index in [0.29, 0.717) is 5.92 Å². The number of aromatic nitrogens is 2. The summed E-state index contributed by atoms with van der Waals surface area (Å²) < 4.78 is 4.78. The Morgan fingerprint density at radius 2 is 2.26 bits per heavy atom. The van der Waals surface area contributed by atoms with Gasteiger partial charge in [0, 0.05) is 39.1 Å². The maximum absolute atomic E-state index is 11.3. The lowest BCUT2D eigenvalue weighted by Crippen LogP contribution is -2.39. The zero-order valence-electron chi connectivity index (χ0n) is 11.2. The molecular weight excluding hydrogens is 244 g/mol. The summed E-state index contributed by atoms with van der Waals surface area (Å²) >= 11 is 0. The quantitative estimate of drug-likeness (QED) is 0.836. The van der Waals surface area contributed by atoms with Crippen LogP contribution in [0.15, 0.2) is 18.6 Å². The van der Waals surface area contributed by atoms with Crippen LogP contribution in [0.1, 0.15) is 12.8 Å². The van der Waals surface area contributed by atoms with E-state index in [-0.39, 0.29) is 12.5 Å². The summed E-state index contributed by atoms with van der Waals surface area (Å²) in [6.45, 7) is 2.79. The Balaban J connectivity index is 1.72. The van der Waals surface area contributed by atoms with Crippen LogP contribution in [0.3, 0.4) is 0 Å². The first-order valence-electron chi connectivity index (χ1n) is 6.56. The topological polar surface area (TPSA) is 67.3 Å². The van der Waals surface area contributed by atoms with Crippen LogP contribution in [0, 0.1) is 5.92 Å². The Bertz CT molecular complexity index is 391. The van der Waals surface area contributed by atoms with Gasteiger partial charge in [-0.15, -0.1) is 0 Å². The Morgan fingerprint density at radius 1 is 1.47 bits per heavy atom. The SMILES string of the molecule is COCC(=O)NCC1CCN(c2cnccn2)CC1. The predicted octanol–water partition coefficient (Wildman–Crippen LogP) is 0.456. The largest absolute Gasteiger partial charge is 0.375 e. The molecule has 0 radical (unpaired) electrons. The van der Waals surface area contributed by atoms with Crippen LogP contribution in [0.25, 0.3) is 0 Å². The van der Waals surface area contributed by atoms with E-state index in [2.05, 4.69) is 20.2 Å². The summed E-state index contributed by atoms with van der Waals surface area (Å²) in [5.41, 5.74) is 0. The van der Waals surface area contributed by atoms with Crippen molar-refractivity contribution in [3.8, 4) is 0 Å². The van der Waals surface area contributed by atoms with Crippen LogP contribution >= 0.6 is 0 Å². The number of anilines is 1. The molecule has 19 heavy (non-hydrogen) atoms. The minimum Gasteiger partial charge on any atom is -0.375 e. The molecule has 1 aromatic rings. The van der Waals surface area contributed by atoms with E-state index in [1.165, 1.54) is 7.11 Å². The molecular formula is C13H20N4O2. The van der Waals surface area contributed by atoms with Crippen molar-refractivity contribution < 1.29 is 9.53 Å². The van der Waals surface area contributed by atoms with Crippen molar-refractivity contribution in [1.29, 1.82) is 0 Å². The molecule has 0 bridgehead atoms. The zero-order chi connectivity index (χ0) is 13.5. The molecule has 0 spiro atoms. The van der Waals surface area contributed by atoms with Crippen LogP contribution in [0.5, 0.6) is 0 Å². The number of hydrogen-bond donors (Lipinski definition) is 1. The number of nitrogens with zero attached hydrogens (tertiary/aromatic N) is 3. The summed E-state index contributed by atoms with van der Waals surface area (Å²) in [4.78, 5) is 21.9. The number of methoxy groups -OCH3 is 1. The smallest absolute Gasteiger partial charge is 0.245 e. The molecule has 104 valence electrons. The molecule has 1 aliphatic heterocycles. The first kappa shape index (κ1) is 13.7. The number of nitrogens with one attached hydrogen (secondary N) is 1. The van der Waals surface area contributed by atoms with Gasteiger partial charge in [0.1, 0.15) is 12.4 Å². The summed E-state index contributed by atoms with van der Waals surface area (Å²) in [5.74, 6) is 1.43. The molecule has 0 aromatic carbocycles. The number of rotatable bonds is 5. The highest BCUT2D eigenvalue weighted by Crippen LogP contribution is 2.20. The maximum Gasteiger partial charge on any atom is 0.245 e. The van der Waals surface area contributed by atoms with Crippen molar-refractivity contribution in [2.75, 3.05) is 38.3 Å². The summed E-state index contributed by atoms with van der Waals surface area (Å²) in [7, 11) is 1.53. The standard InChI is InChI=1S/C13H20N4O2/c1-19-10-13(18)16-8-11-2-6-17(7-3-11)12-9-14-4-5-15-12/h4-5,9,11H,2-3,6-8,10H2,1H3,(H,16,18). The molecule has 2 rings (SSSR count). The maximum atomic E-state index is 11.3. The van der Waals surface area contributed by atoms with Crippen LogP contribution in [0.2, 0.25) is 0 Å². The second-order valence-electron chi connectivity index (χ2n) is 4.73. The summed E-state index contributed by atoms with van der Waals surface area (Å²) in [6.07, 6.45) is 7.31. The first-order valence-corrected chi connectivity index (χ1v) is 6.56. The highest BCUT2D eigenvalue weighted by molar-refractivity contribution is 5.77. The number of amides is 1. The van der Waals surface area contributed by atoms with Gasteiger partial charge >= 0.3 is 0 Å². The Kier molecular flexibility index (Phi) is 5.09. The lowest BCUT2D eigenvalue weighted by Gasteiger charge is -2.32. The van der Waals surface area contributed by atoms with Crippen LogP contribution in [0.4, 0.5) is 5.82 Å². The molecule has 0 saturated carbocycles. The third-order valence-corrected chi connectivity index (χ3v) is 3.35. The van der Waals surface area contributed by atoms with Crippen molar-refractivity contribution in [1.82, 2.24) is 15.3 Å². The second-order valence-corrected chi connectivity index (χ2v) is 4.73. The van der Waals surface area contributed by atoms with Gasteiger partial charge in [-0.2, -0.15) is 0 Å². The lowest BCUT2D eigenvalue weighted by molar-refractivity contribution is -0.124. The number of hydrogen-bond acceptors (Lipinski definition) is 5. The van der Waals surface area contributed by atoms with E-state index < -0.39 is 0 Å². The molecule has 1 N–H and O–H groups in total. The van der Waals surface area contributed by atoms with Gasteiger partial charge in [-0.05, 0) is 18.8 Å². The molecule has 6 nitrogen and oxygen atoms in total. The highest BCUT2D eigenvalue weighted by Gasteiger charge is 2.20. The highest BCUT2D eigenvalue weighted by atomic mass is 16.5. The fraction of sp³-hybridized carbons (Fsp3) is 0.615. The molecule has 1 fully saturated rings. The van der Waals surface area contributed by atoms with E-state index in [1.807, 2.05) is 0 Å². The van der Waals surface area contributed by atoms with Gasteiger partial charge < -0.3 is 15.0 Å². The van der Waals surface area contributed by atoms with E-state index in [1.54, 1.807) is 18.6 Å². The van der Waals surface area contributed by atoms with Gasteiger partial charge in [0.05, 0.1) is 6.20 Å². The first-order chi connectivity index (χ1) is 9.29. The summed E-state index contributed by atoms with van der Waals surface area (Å²) in [6, 6.07) is 0. The van der Waals surface area contributed by atoms with Gasteiger partial charge in [0.2, 0.25) is 5.91 Å². The Labute approximate surface area is 113 Å². The predicted molar refractivity (Wildman–Crippen MR) is 71.9 cm³/mol. The number of ether oxygens (including phenoxy) is 1. The molecule has 0 atom stereocenters. The molecule has 0 aliphatic carbocycles. The number of carbonyl (C=O) groups excluding carboxylic acids is 1. The van der Waals surface area contributed by atoms with E-state index in [9.17, 15) is 4.79 Å². The fourth-order valence-electron chi connectivity index (χ4n) is 2.26. The number of carbonyl (C=O) groups is 1. The van der Waals surface area contributed by atoms with Gasteiger partial charge in [-0.1, -0.05) is 0 Å². The van der Waals surface area contributed by atoms with Crippen LogP contribution in [-0.4, -0.2) is 49.2 Å². The van der Waals surface area contributed by atoms with Crippen molar-refractivity contribution in [2.24, 2.45) is 5.92 Å². The van der Waals surface area contributed by atoms with E-state index >= 15 is 0 Å². The van der Waals surface area contributed by atoms with Crippen molar-refractivity contribution in [2.45, 2.75) is 12.8 Å². The molecule has 1 amide bonds. The van der Waals surface area contributed by atoms with Crippen LogP contribution < -0.4 is 10.2 Å². The van der Waals surface area contributed by atoms with Gasteiger partial charge in [0.25, 0.3) is 0 Å². The minimum atomic E-state index is -0.0427. The Morgan fingerprint density at radius 3 is 2.89 bits per heavy atom. The van der Waals surface area contributed by atoms with Crippen molar-refractivity contribution >= 4 is 11.7 Å². The van der Waals surface area contributed by atoms with E-state index in [0.717, 1.165) is 38.3 Å². The van der Waals surface area contributed by atoms with Crippen molar-refractivity contribution in [3.63, 3.8) is 0 Å². The third-order valence-electron chi connectivity index (χ3n) is 3.35. The second kappa shape index (κ2) is 7.04. The average Bonchev–Trinajstić information content (AvgIpc) is 2.47. The van der Waals surface area contributed by atoms with Crippen molar-refractivity contribution in [3.05, 3.63) is 18.6 Å². The molecule has 6 heteroatoms.